The van der Waals surface area contributed by atoms with E-state index in [1.165, 1.54) is 0 Å². The van der Waals surface area contributed by atoms with Gasteiger partial charge in [-0.1, -0.05) is 23.2 Å². The Bertz CT molecular complexity index is 1190. The summed E-state index contributed by atoms with van der Waals surface area (Å²) < 4.78 is 0. The van der Waals surface area contributed by atoms with Gasteiger partial charge in [-0.2, -0.15) is 10.5 Å². The molecule has 2 aliphatic heterocycles. The van der Waals surface area contributed by atoms with Gasteiger partial charge in [0.2, 0.25) is 0 Å². The third-order valence-corrected chi connectivity index (χ3v) is 5.65. The molecule has 2 aromatic rings. The Morgan fingerprint density at radius 2 is 1.10 bits per heavy atom. The zero-order valence-electron chi connectivity index (χ0n) is 15.8. The Labute approximate surface area is 182 Å². The van der Waals surface area contributed by atoms with E-state index in [2.05, 4.69) is 10.6 Å². The maximum Gasteiger partial charge on any atom is 0.258 e. The molecule has 0 aliphatic carbocycles. The number of hydrogen-bond acceptors (Lipinski definition) is 4. The van der Waals surface area contributed by atoms with Crippen molar-refractivity contribution >= 4 is 46.4 Å². The van der Waals surface area contributed by atoms with Crippen molar-refractivity contribution in [3.05, 3.63) is 78.8 Å². The number of benzene rings is 2. The van der Waals surface area contributed by atoms with Crippen molar-refractivity contribution in [2.75, 3.05) is 0 Å². The Morgan fingerprint density at radius 1 is 0.733 bits per heavy atom. The smallest absolute Gasteiger partial charge is 0.258 e. The van der Waals surface area contributed by atoms with E-state index in [1.807, 2.05) is 12.1 Å². The number of nitrogens with zero attached hydrogens (tertiary/aromatic N) is 2. The largest absolute Gasteiger partial charge is 0.321 e. The van der Waals surface area contributed by atoms with Crippen LogP contribution in [0.15, 0.2) is 35.4 Å². The summed E-state index contributed by atoms with van der Waals surface area (Å²) in [5, 5.41) is 24.4. The van der Waals surface area contributed by atoms with E-state index in [9.17, 15) is 20.1 Å². The number of amides is 2. The van der Waals surface area contributed by atoms with Crippen molar-refractivity contribution in [1.82, 2.24) is 10.6 Å². The molecule has 30 heavy (non-hydrogen) atoms. The number of aryl methyl sites for hydroxylation is 2. The van der Waals surface area contributed by atoms with Gasteiger partial charge in [-0.15, -0.1) is 0 Å². The monoisotopic (exact) mass is 434 g/mol. The Morgan fingerprint density at radius 3 is 1.40 bits per heavy atom. The molecule has 2 amide bonds. The molecule has 6 nitrogen and oxygen atoms in total. The molecule has 0 radical (unpaired) electrons. The predicted octanol–water partition coefficient (Wildman–Crippen LogP) is 3.74. The standard InChI is InChI=1S/C22H12Cl2N4O2/c1-9-3-11(5-15(23)13(9)7-25)19-17-18(22(30)27-19)20(28-21(17)29)12-4-10(2)14(8-26)16(24)6-12/h3-6H,1-2H3,(H,27,30)(H,28,29). The van der Waals surface area contributed by atoms with Crippen LogP contribution in [0.2, 0.25) is 10.0 Å². The van der Waals surface area contributed by atoms with Crippen LogP contribution in [-0.4, -0.2) is 11.8 Å². The molecule has 0 spiro atoms. The number of nitriles is 2. The van der Waals surface area contributed by atoms with Gasteiger partial charge in [-0.05, 0) is 49.2 Å². The molecule has 0 atom stereocenters. The van der Waals surface area contributed by atoms with E-state index < -0.39 is 11.8 Å². The average Bonchev–Trinajstić information content (AvgIpc) is 3.20. The second kappa shape index (κ2) is 7.03. The minimum Gasteiger partial charge on any atom is -0.321 e. The number of hydrogen-bond donors (Lipinski definition) is 2. The van der Waals surface area contributed by atoms with E-state index in [0.29, 0.717) is 44.8 Å². The molecule has 0 unspecified atom stereocenters. The van der Waals surface area contributed by atoms with Crippen LogP contribution in [-0.2, 0) is 9.59 Å². The SMILES string of the molecule is Cc1cc(C2=C3C(=O)NC(c4cc(C)c(C#N)c(Cl)c4)=C3C(=O)N2)cc(Cl)c1C#N. The van der Waals surface area contributed by atoms with Crippen LogP contribution in [0.5, 0.6) is 0 Å². The number of fused-ring (bicyclic) bond motifs is 1. The van der Waals surface area contributed by atoms with Crippen LogP contribution in [0.3, 0.4) is 0 Å². The van der Waals surface area contributed by atoms with Crippen LogP contribution in [0.1, 0.15) is 33.4 Å². The number of carbonyl (C=O) groups excluding carboxylic acids is 2. The molecular weight excluding hydrogens is 423 g/mol. The maximum atomic E-state index is 12.8. The molecule has 8 heteroatoms. The fraction of sp³-hybridized carbons (Fsp3) is 0.0909. The first kappa shape index (κ1) is 19.7. The molecular formula is C22H12Cl2N4O2. The van der Waals surface area contributed by atoms with E-state index in [0.717, 1.165) is 0 Å². The van der Waals surface area contributed by atoms with Crippen molar-refractivity contribution in [3.63, 3.8) is 0 Å². The Balaban J connectivity index is 1.92. The lowest BCUT2D eigenvalue weighted by atomic mass is 9.98. The molecule has 0 fully saturated rings. The third kappa shape index (κ3) is 2.86. The van der Waals surface area contributed by atoms with E-state index in [1.54, 1.807) is 38.1 Å². The Kier molecular flexibility index (Phi) is 4.63. The first-order valence-corrected chi connectivity index (χ1v) is 9.55. The second-order valence-corrected chi connectivity index (χ2v) is 7.75. The number of nitrogens with one attached hydrogen (secondary N) is 2. The zero-order valence-corrected chi connectivity index (χ0v) is 17.3. The summed E-state index contributed by atoms with van der Waals surface area (Å²) in [7, 11) is 0. The van der Waals surface area contributed by atoms with Crippen LogP contribution in [0.25, 0.3) is 11.4 Å². The van der Waals surface area contributed by atoms with Gasteiger partial charge in [0.1, 0.15) is 12.1 Å². The van der Waals surface area contributed by atoms with Crippen molar-refractivity contribution in [3.8, 4) is 12.1 Å². The third-order valence-electron chi connectivity index (χ3n) is 5.06. The van der Waals surface area contributed by atoms with E-state index >= 15 is 0 Å². The summed E-state index contributed by atoms with van der Waals surface area (Å²) in [5.41, 5.74) is 4.06. The van der Waals surface area contributed by atoms with E-state index in [4.69, 9.17) is 23.2 Å². The highest BCUT2D eigenvalue weighted by Gasteiger charge is 2.41. The minimum atomic E-state index is -0.440. The first-order chi connectivity index (χ1) is 14.3. The molecule has 2 N–H and O–H groups in total. The highest BCUT2D eigenvalue weighted by Crippen LogP contribution is 2.39. The normalized spacial score (nSPS) is 15.0. The highest BCUT2D eigenvalue weighted by atomic mass is 35.5. The number of halogens is 2. The summed E-state index contributed by atoms with van der Waals surface area (Å²) >= 11 is 12.4. The molecule has 4 rings (SSSR count). The number of carbonyl (C=O) groups is 2. The lowest BCUT2D eigenvalue weighted by molar-refractivity contribution is -0.117. The van der Waals surface area contributed by atoms with Gasteiger partial charge < -0.3 is 10.6 Å². The van der Waals surface area contributed by atoms with E-state index in [-0.39, 0.29) is 21.2 Å². The van der Waals surface area contributed by atoms with Gasteiger partial charge in [0.25, 0.3) is 11.8 Å². The van der Waals surface area contributed by atoms with Crippen LogP contribution < -0.4 is 10.6 Å². The predicted molar refractivity (Wildman–Crippen MR) is 112 cm³/mol. The quantitative estimate of drug-likeness (QED) is 0.750. The van der Waals surface area contributed by atoms with Crippen LogP contribution >= 0.6 is 23.2 Å². The van der Waals surface area contributed by atoms with Gasteiger partial charge in [0, 0.05) is 11.1 Å². The van der Waals surface area contributed by atoms with Crippen molar-refractivity contribution < 1.29 is 9.59 Å². The second-order valence-electron chi connectivity index (χ2n) is 6.93. The summed E-state index contributed by atoms with van der Waals surface area (Å²) in [5.74, 6) is -0.880. The van der Waals surface area contributed by atoms with Crippen molar-refractivity contribution in [2.24, 2.45) is 0 Å². The molecule has 0 saturated carbocycles. The summed E-state index contributed by atoms with van der Waals surface area (Å²) in [4.78, 5) is 25.6. The van der Waals surface area contributed by atoms with Crippen molar-refractivity contribution in [1.29, 1.82) is 10.5 Å². The molecule has 2 heterocycles. The first-order valence-electron chi connectivity index (χ1n) is 8.79. The molecule has 0 aromatic heterocycles. The maximum absolute atomic E-state index is 12.8. The zero-order chi connectivity index (χ0) is 21.7. The lowest BCUT2D eigenvalue weighted by Gasteiger charge is -2.10. The fourth-order valence-electron chi connectivity index (χ4n) is 3.67. The molecule has 2 aliphatic rings. The Hall–Kier alpha value is -3.58. The van der Waals surface area contributed by atoms with Crippen molar-refractivity contribution in [2.45, 2.75) is 13.8 Å². The van der Waals surface area contributed by atoms with Gasteiger partial charge in [0.15, 0.2) is 0 Å². The molecule has 146 valence electrons. The van der Waals surface area contributed by atoms with Crippen LogP contribution in [0.4, 0.5) is 0 Å². The van der Waals surface area contributed by atoms with Gasteiger partial charge in [-0.3, -0.25) is 9.59 Å². The van der Waals surface area contributed by atoms with Crippen LogP contribution in [0, 0.1) is 36.5 Å². The number of rotatable bonds is 2. The minimum absolute atomic E-state index is 0.202. The van der Waals surface area contributed by atoms with Gasteiger partial charge >= 0.3 is 0 Å². The lowest BCUT2D eigenvalue weighted by Crippen LogP contribution is -2.21. The molecule has 2 aromatic carbocycles. The van der Waals surface area contributed by atoms with Gasteiger partial charge in [0.05, 0.1) is 43.7 Å². The highest BCUT2D eigenvalue weighted by molar-refractivity contribution is 6.34. The summed E-state index contributed by atoms with van der Waals surface area (Å²) in [6.07, 6.45) is 0. The average molecular weight is 435 g/mol. The molecule has 0 bridgehead atoms. The van der Waals surface area contributed by atoms with Gasteiger partial charge in [-0.25, -0.2) is 0 Å². The summed E-state index contributed by atoms with van der Waals surface area (Å²) in [6.45, 7) is 3.46. The molecule has 0 saturated heterocycles. The fourth-order valence-corrected chi connectivity index (χ4v) is 4.29. The summed E-state index contributed by atoms with van der Waals surface area (Å²) in [6, 6.07) is 10.6. The topological polar surface area (TPSA) is 106 Å².